The van der Waals surface area contributed by atoms with Crippen LogP contribution in [0.3, 0.4) is 0 Å². The second kappa shape index (κ2) is 8.55. The maximum Gasteiger partial charge on any atom is 0.363 e. The van der Waals surface area contributed by atoms with Crippen molar-refractivity contribution in [2.24, 2.45) is 4.99 Å². The van der Waals surface area contributed by atoms with Crippen molar-refractivity contribution in [1.29, 1.82) is 0 Å². The largest absolute Gasteiger partial charge is 0.493 e. The second-order valence-electron chi connectivity index (χ2n) is 5.90. The monoisotopic (exact) mass is 399 g/mol. The van der Waals surface area contributed by atoms with Crippen LogP contribution in [-0.2, 0) is 14.3 Å². The number of methoxy groups -OCH3 is 2. The molecule has 2 aromatic rings. The highest BCUT2D eigenvalue weighted by atomic mass is 19.1. The Morgan fingerprint density at radius 3 is 2.41 bits per heavy atom. The van der Waals surface area contributed by atoms with Crippen LogP contribution < -0.4 is 14.2 Å². The molecule has 0 radical (unpaired) electrons. The van der Waals surface area contributed by atoms with E-state index in [2.05, 4.69) is 4.99 Å². The van der Waals surface area contributed by atoms with Crippen molar-refractivity contribution < 1.29 is 32.9 Å². The van der Waals surface area contributed by atoms with Gasteiger partial charge in [0.25, 0.3) is 0 Å². The molecule has 0 bridgehead atoms. The molecule has 150 valence electrons. The van der Waals surface area contributed by atoms with Crippen molar-refractivity contribution in [3.8, 4) is 17.2 Å². The normalized spacial score (nSPS) is 14.4. The maximum absolute atomic E-state index is 13.9. The van der Waals surface area contributed by atoms with Gasteiger partial charge in [-0.15, -0.1) is 0 Å². The van der Waals surface area contributed by atoms with Crippen molar-refractivity contribution in [1.82, 2.24) is 0 Å². The first-order valence-electron chi connectivity index (χ1n) is 8.71. The van der Waals surface area contributed by atoms with Crippen LogP contribution in [0.2, 0.25) is 0 Å². The summed E-state index contributed by atoms with van der Waals surface area (Å²) in [5.41, 5.74) is 0.549. The standard InChI is InChI=1S/C21H18FNO6/c1-4-18(24)28-19-16(26-2)10-12(11-17(19)27-3)9-15-21(25)29-20(23-15)13-7-5-6-8-14(13)22/h5-11H,4H2,1-3H3/b15-9-. The molecule has 0 fully saturated rings. The van der Waals surface area contributed by atoms with Gasteiger partial charge in [0.1, 0.15) is 5.82 Å². The number of carbonyl (C=O) groups excluding carboxylic acids is 2. The molecule has 7 nitrogen and oxygen atoms in total. The summed E-state index contributed by atoms with van der Waals surface area (Å²) in [5.74, 6) is -1.23. The van der Waals surface area contributed by atoms with Gasteiger partial charge in [0.05, 0.1) is 19.8 Å². The van der Waals surface area contributed by atoms with Crippen LogP contribution in [-0.4, -0.2) is 32.1 Å². The first-order valence-corrected chi connectivity index (χ1v) is 8.71. The van der Waals surface area contributed by atoms with Crippen LogP contribution in [0.25, 0.3) is 6.08 Å². The van der Waals surface area contributed by atoms with Crippen LogP contribution >= 0.6 is 0 Å². The smallest absolute Gasteiger partial charge is 0.363 e. The molecule has 0 saturated carbocycles. The Kier molecular flexibility index (Phi) is 5.92. The van der Waals surface area contributed by atoms with E-state index < -0.39 is 17.8 Å². The molecule has 0 N–H and O–H groups in total. The summed E-state index contributed by atoms with van der Waals surface area (Å²) in [6.07, 6.45) is 1.62. The quantitative estimate of drug-likeness (QED) is 0.420. The SMILES string of the molecule is CCC(=O)Oc1c(OC)cc(/C=C2\N=C(c3ccccc3F)OC2=O)cc1OC. The third-order valence-electron chi connectivity index (χ3n) is 4.02. The molecule has 3 rings (SSSR count). The number of aliphatic imine (C=N–C) groups is 1. The van der Waals surface area contributed by atoms with Gasteiger partial charge in [-0.3, -0.25) is 4.79 Å². The van der Waals surface area contributed by atoms with Crippen molar-refractivity contribution in [3.05, 3.63) is 59.0 Å². The van der Waals surface area contributed by atoms with Crippen molar-refractivity contribution in [2.45, 2.75) is 13.3 Å². The summed E-state index contributed by atoms with van der Waals surface area (Å²) in [4.78, 5) is 27.9. The molecule has 1 aliphatic heterocycles. The topological polar surface area (TPSA) is 83.4 Å². The van der Waals surface area contributed by atoms with Crippen LogP contribution in [0.1, 0.15) is 24.5 Å². The molecule has 0 atom stereocenters. The predicted molar refractivity (Wildman–Crippen MR) is 102 cm³/mol. The average molecular weight is 399 g/mol. The van der Waals surface area contributed by atoms with E-state index in [-0.39, 0.29) is 40.8 Å². The third kappa shape index (κ3) is 4.26. The molecule has 0 aromatic heterocycles. The number of ether oxygens (including phenoxy) is 4. The van der Waals surface area contributed by atoms with Gasteiger partial charge < -0.3 is 18.9 Å². The number of nitrogens with zero attached hydrogens (tertiary/aromatic N) is 1. The zero-order valence-corrected chi connectivity index (χ0v) is 16.0. The highest BCUT2D eigenvalue weighted by molar-refractivity contribution is 6.13. The maximum atomic E-state index is 13.9. The minimum Gasteiger partial charge on any atom is -0.493 e. The number of carbonyl (C=O) groups is 2. The van der Waals surface area contributed by atoms with Gasteiger partial charge in [-0.25, -0.2) is 14.2 Å². The molecule has 0 aliphatic carbocycles. The lowest BCUT2D eigenvalue weighted by Gasteiger charge is -2.13. The zero-order valence-electron chi connectivity index (χ0n) is 16.0. The van der Waals surface area contributed by atoms with E-state index in [9.17, 15) is 14.0 Å². The van der Waals surface area contributed by atoms with Gasteiger partial charge >= 0.3 is 11.9 Å². The van der Waals surface area contributed by atoms with E-state index in [1.165, 1.54) is 38.5 Å². The number of benzene rings is 2. The van der Waals surface area contributed by atoms with Gasteiger partial charge in [-0.2, -0.15) is 0 Å². The van der Waals surface area contributed by atoms with E-state index in [1.54, 1.807) is 25.1 Å². The van der Waals surface area contributed by atoms with E-state index in [1.807, 2.05) is 0 Å². The first-order chi connectivity index (χ1) is 14.0. The van der Waals surface area contributed by atoms with E-state index >= 15 is 0 Å². The Bertz CT molecular complexity index is 1000. The lowest BCUT2D eigenvalue weighted by Crippen LogP contribution is -2.08. The summed E-state index contributed by atoms with van der Waals surface area (Å²) in [6.45, 7) is 1.66. The summed E-state index contributed by atoms with van der Waals surface area (Å²) in [6, 6.07) is 8.96. The lowest BCUT2D eigenvalue weighted by molar-refractivity contribution is -0.134. The fourth-order valence-corrected chi connectivity index (χ4v) is 2.59. The summed E-state index contributed by atoms with van der Waals surface area (Å²) >= 11 is 0. The molecular formula is C21H18FNO6. The predicted octanol–water partition coefficient (Wildman–Crippen LogP) is 3.50. The second-order valence-corrected chi connectivity index (χ2v) is 5.90. The molecule has 0 unspecified atom stereocenters. The minimum atomic E-state index is -0.720. The summed E-state index contributed by atoms with van der Waals surface area (Å²) < 4.78 is 34.9. The summed E-state index contributed by atoms with van der Waals surface area (Å²) in [7, 11) is 2.82. The van der Waals surface area contributed by atoms with Gasteiger partial charge in [0.2, 0.25) is 11.6 Å². The van der Waals surface area contributed by atoms with E-state index in [0.717, 1.165) is 0 Å². The van der Waals surface area contributed by atoms with Crippen molar-refractivity contribution in [3.63, 3.8) is 0 Å². The molecule has 0 spiro atoms. The molecule has 0 saturated heterocycles. The van der Waals surface area contributed by atoms with Crippen LogP contribution in [0.15, 0.2) is 47.1 Å². The van der Waals surface area contributed by atoms with E-state index in [0.29, 0.717) is 5.56 Å². The van der Waals surface area contributed by atoms with E-state index in [4.69, 9.17) is 18.9 Å². The number of cyclic esters (lactones) is 1. The molecule has 0 amide bonds. The third-order valence-corrected chi connectivity index (χ3v) is 4.02. The highest BCUT2D eigenvalue weighted by Gasteiger charge is 2.26. The molecule has 8 heteroatoms. The summed E-state index contributed by atoms with van der Waals surface area (Å²) in [5, 5.41) is 0. The minimum absolute atomic E-state index is 0.0225. The van der Waals surface area contributed by atoms with Gasteiger partial charge in [-0.05, 0) is 35.9 Å². The number of esters is 2. The molecule has 1 aliphatic rings. The Morgan fingerprint density at radius 2 is 1.83 bits per heavy atom. The van der Waals surface area contributed by atoms with Crippen LogP contribution in [0, 0.1) is 5.82 Å². The Balaban J connectivity index is 2.00. The van der Waals surface area contributed by atoms with Gasteiger partial charge in [-0.1, -0.05) is 19.1 Å². The van der Waals surface area contributed by atoms with Crippen molar-refractivity contribution >= 4 is 23.9 Å². The fourth-order valence-electron chi connectivity index (χ4n) is 2.59. The molecular weight excluding hydrogens is 381 g/mol. The fraction of sp³-hybridized carbons (Fsp3) is 0.190. The molecule has 2 aromatic carbocycles. The van der Waals surface area contributed by atoms with Gasteiger partial charge in [0.15, 0.2) is 17.2 Å². The molecule has 29 heavy (non-hydrogen) atoms. The van der Waals surface area contributed by atoms with Crippen LogP contribution in [0.4, 0.5) is 4.39 Å². The zero-order chi connectivity index (χ0) is 21.0. The van der Waals surface area contributed by atoms with Gasteiger partial charge in [0, 0.05) is 6.42 Å². The number of hydrogen-bond donors (Lipinski definition) is 0. The first kappa shape index (κ1) is 20.1. The van der Waals surface area contributed by atoms with Crippen molar-refractivity contribution in [2.75, 3.05) is 14.2 Å². The Labute approximate surface area is 166 Å². The number of hydrogen-bond acceptors (Lipinski definition) is 7. The lowest BCUT2D eigenvalue weighted by atomic mass is 10.1. The Hall–Kier alpha value is -3.68. The highest BCUT2D eigenvalue weighted by Crippen LogP contribution is 2.39. The average Bonchev–Trinajstić information content (AvgIpc) is 3.08. The molecule has 1 heterocycles. The Morgan fingerprint density at radius 1 is 1.17 bits per heavy atom. The van der Waals surface area contributed by atoms with Crippen LogP contribution in [0.5, 0.6) is 17.2 Å². The number of halogens is 1. The number of rotatable bonds is 6.